The molecule has 126 valence electrons. The molecule has 0 unspecified atom stereocenters. The molecular weight excluding hydrogens is 278 g/mol. The SMILES string of the molecule is C1CCNCC1.Cc1ccc(C)c(C)c1.Cc1ccccc1C. The summed E-state index contributed by atoms with van der Waals surface area (Å²) in [5.41, 5.74) is 6.84. The second-order valence-electron chi connectivity index (χ2n) is 6.48. The Morgan fingerprint density at radius 3 is 1.43 bits per heavy atom. The van der Waals surface area contributed by atoms with E-state index in [1.807, 2.05) is 0 Å². The van der Waals surface area contributed by atoms with Gasteiger partial charge in [0.1, 0.15) is 0 Å². The molecule has 0 spiro atoms. The number of hydrogen-bond acceptors (Lipinski definition) is 1. The van der Waals surface area contributed by atoms with E-state index in [4.69, 9.17) is 0 Å². The van der Waals surface area contributed by atoms with Crippen LogP contribution in [0.2, 0.25) is 0 Å². The summed E-state index contributed by atoms with van der Waals surface area (Å²) in [7, 11) is 0. The van der Waals surface area contributed by atoms with Gasteiger partial charge in [0.05, 0.1) is 0 Å². The second kappa shape index (κ2) is 11.0. The van der Waals surface area contributed by atoms with Gasteiger partial charge in [-0.25, -0.2) is 0 Å². The Labute approximate surface area is 143 Å². The quantitative estimate of drug-likeness (QED) is 0.660. The molecule has 1 aliphatic heterocycles. The summed E-state index contributed by atoms with van der Waals surface area (Å²) in [5.74, 6) is 0. The highest BCUT2D eigenvalue weighted by Crippen LogP contribution is 2.07. The van der Waals surface area contributed by atoms with Crippen LogP contribution in [0.1, 0.15) is 47.1 Å². The fourth-order valence-electron chi connectivity index (χ4n) is 2.36. The summed E-state index contributed by atoms with van der Waals surface area (Å²) in [6.45, 7) is 13.1. The van der Waals surface area contributed by atoms with E-state index in [1.54, 1.807) is 0 Å². The first kappa shape index (κ1) is 19.4. The molecule has 2 aromatic rings. The van der Waals surface area contributed by atoms with Crippen molar-refractivity contribution >= 4 is 0 Å². The zero-order chi connectivity index (χ0) is 17.1. The molecule has 0 saturated carbocycles. The van der Waals surface area contributed by atoms with E-state index >= 15 is 0 Å². The molecule has 1 saturated heterocycles. The third-order valence-electron chi connectivity index (χ3n) is 4.30. The van der Waals surface area contributed by atoms with E-state index < -0.39 is 0 Å². The fraction of sp³-hybridized carbons (Fsp3) is 0.455. The summed E-state index contributed by atoms with van der Waals surface area (Å²) in [5, 5.41) is 3.28. The van der Waals surface area contributed by atoms with Crippen molar-refractivity contribution in [1.29, 1.82) is 0 Å². The zero-order valence-electron chi connectivity index (χ0n) is 15.6. The minimum Gasteiger partial charge on any atom is -0.317 e. The molecule has 0 aliphatic carbocycles. The summed E-state index contributed by atoms with van der Waals surface area (Å²) >= 11 is 0. The summed E-state index contributed by atoms with van der Waals surface area (Å²) < 4.78 is 0. The van der Waals surface area contributed by atoms with Gasteiger partial charge in [-0.15, -0.1) is 0 Å². The lowest BCUT2D eigenvalue weighted by Crippen LogP contribution is -2.21. The van der Waals surface area contributed by atoms with Gasteiger partial charge in [-0.1, -0.05) is 54.4 Å². The minimum absolute atomic E-state index is 1.25. The summed E-state index contributed by atoms with van der Waals surface area (Å²) in [4.78, 5) is 0. The van der Waals surface area contributed by atoms with E-state index in [9.17, 15) is 0 Å². The van der Waals surface area contributed by atoms with Crippen molar-refractivity contribution in [2.45, 2.75) is 53.9 Å². The predicted octanol–water partition coefficient (Wildman–Crippen LogP) is 5.68. The first-order valence-electron chi connectivity index (χ1n) is 8.77. The van der Waals surface area contributed by atoms with Crippen LogP contribution in [-0.4, -0.2) is 13.1 Å². The van der Waals surface area contributed by atoms with Crippen molar-refractivity contribution in [3.63, 3.8) is 0 Å². The zero-order valence-corrected chi connectivity index (χ0v) is 15.6. The largest absolute Gasteiger partial charge is 0.317 e. The van der Waals surface area contributed by atoms with Crippen molar-refractivity contribution in [2.75, 3.05) is 13.1 Å². The molecule has 0 aromatic heterocycles. The van der Waals surface area contributed by atoms with Crippen LogP contribution in [0.5, 0.6) is 0 Å². The molecule has 1 nitrogen and oxygen atoms in total. The monoisotopic (exact) mass is 311 g/mol. The number of benzene rings is 2. The number of hydrogen-bond donors (Lipinski definition) is 1. The van der Waals surface area contributed by atoms with Crippen LogP contribution in [0.15, 0.2) is 42.5 Å². The Morgan fingerprint density at radius 1 is 0.609 bits per heavy atom. The van der Waals surface area contributed by atoms with E-state index in [1.165, 1.54) is 60.2 Å². The van der Waals surface area contributed by atoms with Crippen LogP contribution in [0.25, 0.3) is 0 Å². The maximum atomic E-state index is 3.28. The lowest BCUT2D eigenvalue weighted by Gasteiger charge is -2.08. The van der Waals surface area contributed by atoms with Crippen molar-refractivity contribution in [3.05, 3.63) is 70.3 Å². The van der Waals surface area contributed by atoms with E-state index in [2.05, 4.69) is 82.4 Å². The Morgan fingerprint density at radius 2 is 1.13 bits per heavy atom. The molecule has 0 amide bonds. The molecule has 1 aliphatic rings. The Hall–Kier alpha value is -1.60. The second-order valence-corrected chi connectivity index (χ2v) is 6.48. The Balaban J connectivity index is 0.000000176. The predicted molar refractivity (Wildman–Crippen MR) is 103 cm³/mol. The van der Waals surface area contributed by atoms with Gasteiger partial charge in [-0.3, -0.25) is 0 Å². The van der Waals surface area contributed by atoms with E-state index in [-0.39, 0.29) is 0 Å². The highest BCUT2D eigenvalue weighted by Gasteiger charge is 1.93. The van der Waals surface area contributed by atoms with Crippen LogP contribution in [0.4, 0.5) is 0 Å². The summed E-state index contributed by atoms with van der Waals surface area (Å²) in [6.07, 6.45) is 4.22. The normalized spacial score (nSPS) is 13.3. The molecule has 23 heavy (non-hydrogen) atoms. The molecule has 0 atom stereocenters. The highest BCUT2D eigenvalue weighted by atomic mass is 14.9. The maximum absolute atomic E-state index is 3.28. The fourth-order valence-corrected chi connectivity index (χ4v) is 2.36. The van der Waals surface area contributed by atoms with Gasteiger partial charge >= 0.3 is 0 Å². The van der Waals surface area contributed by atoms with Crippen molar-refractivity contribution in [2.24, 2.45) is 0 Å². The van der Waals surface area contributed by atoms with Gasteiger partial charge in [-0.05, 0) is 82.8 Å². The van der Waals surface area contributed by atoms with Crippen LogP contribution < -0.4 is 5.32 Å². The third-order valence-corrected chi connectivity index (χ3v) is 4.30. The molecule has 2 aromatic carbocycles. The first-order valence-corrected chi connectivity index (χ1v) is 8.77. The molecule has 1 N–H and O–H groups in total. The van der Waals surface area contributed by atoms with Crippen LogP contribution >= 0.6 is 0 Å². The van der Waals surface area contributed by atoms with Gasteiger partial charge in [0, 0.05) is 0 Å². The van der Waals surface area contributed by atoms with Gasteiger partial charge in [0.2, 0.25) is 0 Å². The van der Waals surface area contributed by atoms with E-state index in [0.29, 0.717) is 0 Å². The standard InChI is InChI=1S/C9H12.C8H10.C5H11N/c1-7-4-5-8(2)9(3)6-7;1-7-5-3-4-6-8(7)2;1-2-4-6-5-3-1/h4-6H,1-3H3;3-6H,1-2H3;6H,1-5H2. The molecule has 1 heterocycles. The number of nitrogens with one attached hydrogen (secondary N) is 1. The summed E-state index contributed by atoms with van der Waals surface area (Å²) in [6, 6.07) is 14.9. The van der Waals surface area contributed by atoms with E-state index in [0.717, 1.165) is 0 Å². The molecule has 1 heteroatoms. The third kappa shape index (κ3) is 8.56. The highest BCUT2D eigenvalue weighted by molar-refractivity contribution is 5.28. The van der Waals surface area contributed by atoms with Gasteiger partial charge in [-0.2, -0.15) is 0 Å². The smallest absolute Gasteiger partial charge is 0.00489 e. The topological polar surface area (TPSA) is 12.0 Å². The van der Waals surface area contributed by atoms with Crippen molar-refractivity contribution < 1.29 is 0 Å². The number of aryl methyl sites for hydroxylation is 5. The van der Waals surface area contributed by atoms with Crippen LogP contribution in [-0.2, 0) is 0 Å². The lowest BCUT2D eigenvalue weighted by molar-refractivity contribution is 0.520. The van der Waals surface area contributed by atoms with Crippen LogP contribution in [0, 0.1) is 34.6 Å². The lowest BCUT2D eigenvalue weighted by atomic mass is 10.1. The average molecular weight is 312 g/mol. The van der Waals surface area contributed by atoms with Crippen LogP contribution in [0.3, 0.4) is 0 Å². The number of piperidine rings is 1. The van der Waals surface area contributed by atoms with Crippen molar-refractivity contribution in [3.8, 4) is 0 Å². The Bertz CT molecular complexity index is 535. The average Bonchev–Trinajstić information content (AvgIpc) is 2.57. The van der Waals surface area contributed by atoms with Crippen molar-refractivity contribution in [1.82, 2.24) is 5.32 Å². The molecule has 0 radical (unpaired) electrons. The maximum Gasteiger partial charge on any atom is -0.00489 e. The molecule has 0 bridgehead atoms. The van der Waals surface area contributed by atoms with Gasteiger partial charge in [0.25, 0.3) is 0 Å². The number of rotatable bonds is 0. The molecule has 1 fully saturated rings. The molecule has 3 rings (SSSR count). The Kier molecular flexibility index (Phi) is 9.31. The molecular formula is C22H33N. The first-order chi connectivity index (χ1) is 11.0. The van der Waals surface area contributed by atoms with Gasteiger partial charge in [0.15, 0.2) is 0 Å². The minimum atomic E-state index is 1.25. The van der Waals surface area contributed by atoms with Gasteiger partial charge < -0.3 is 5.32 Å².